The van der Waals surface area contributed by atoms with E-state index in [0.29, 0.717) is 11.3 Å². The zero-order valence-corrected chi connectivity index (χ0v) is 15.1. The Bertz CT molecular complexity index is 805. The third-order valence-corrected chi connectivity index (χ3v) is 4.86. The molecule has 128 valence electrons. The minimum absolute atomic E-state index is 0.0599. The summed E-state index contributed by atoms with van der Waals surface area (Å²) in [5, 5.41) is 0. The molecule has 0 atom stereocenters. The summed E-state index contributed by atoms with van der Waals surface area (Å²) >= 11 is 5.04. The molecule has 0 saturated heterocycles. The first-order valence-corrected chi connectivity index (χ1v) is 8.92. The van der Waals surface area contributed by atoms with E-state index in [2.05, 4.69) is 57.9 Å². The Kier molecular flexibility index (Phi) is 5.16. The molecule has 1 aromatic heterocycles. The van der Waals surface area contributed by atoms with Crippen LogP contribution in [0.2, 0.25) is 0 Å². The van der Waals surface area contributed by atoms with E-state index >= 15 is 0 Å². The Balaban J connectivity index is 1.71. The van der Waals surface area contributed by atoms with Gasteiger partial charge in [-0.2, -0.15) is 0 Å². The standard InChI is InChI=1S/C18H24N4OS/c1-3-22(4-2)14-7-5-13(6-8-14)11-21-10-9-16-15(12-21)17(23)20-18(24)19-16/h5-8H,3-4,9-12H2,1-2H3,(H2,19,20,23,24). The molecule has 0 unspecified atom stereocenters. The van der Waals surface area contributed by atoms with Crippen molar-refractivity contribution in [3.8, 4) is 0 Å². The van der Waals surface area contributed by atoms with Gasteiger partial charge >= 0.3 is 0 Å². The summed E-state index contributed by atoms with van der Waals surface area (Å²) in [6, 6.07) is 8.74. The maximum absolute atomic E-state index is 12.1. The van der Waals surface area contributed by atoms with Crippen LogP contribution in [0.25, 0.3) is 0 Å². The molecule has 3 rings (SSSR count). The van der Waals surface area contributed by atoms with Crippen molar-refractivity contribution in [2.24, 2.45) is 0 Å². The first kappa shape index (κ1) is 16.9. The summed E-state index contributed by atoms with van der Waals surface area (Å²) in [5.74, 6) is 0. The smallest absolute Gasteiger partial charge is 0.256 e. The molecule has 5 nitrogen and oxygen atoms in total. The number of fused-ring (bicyclic) bond motifs is 1. The van der Waals surface area contributed by atoms with Gasteiger partial charge in [0.1, 0.15) is 0 Å². The van der Waals surface area contributed by atoms with Gasteiger partial charge < -0.3 is 9.88 Å². The lowest BCUT2D eigenvalue weighted by atomic mass is 10.1. The van der Waals surface area contributed by atoms with Gasteiger partial charge in [0, 0.05) is 50.5 Å². The SMILES string of the molecule is CCN(CC)c1ccc(CN2CCc3[nH]c(=S)[nH]c(=O)c3C2)cc1. The Morgan fingerprint density at radius 2 is 1.88 bits per heavy atom. The number of hydrogen-bond donors (Lipinski definition) is 2. The third kappa shape index (κ3) is 3.60. The molecule has 2 heterocycles. The molecule has 0 saturated carbocycles. The van der Waals surface area contributed by atoms with E-state index < -0.39 is 0 Å². The number of benzene rings is 1. The van der Waals surface area contributed by atoms with Gasteiger partial charge in [-0.1, -0.05) is 12.1 Å². The average molecular weight is 344 g/mol. The number of H-pyrrole nitrogens is 2. The highest BCUT2D eigenvalue weighted by Gasteiger charge is 2.19. The molecular weight excluding hydrogens is 320 g/mol. The molecule has 0 amide bonds. The second kappa shape index (κ2) is 7.32. The second-order valence-corrected chi connectivity index (χ2v) is 6.57. The summed E-state index contributed by atoms with van der Waals surface area (Å²) in [6.07, 6.45) is 0.834. The summed E-state index contributed by atoms with van der Waals surface area (Å²) in [4.78, 5) is 22.5. The zero-order valence-electron chi connectivity index (χ0n) is 14.3. The second-order valence-electron chi connectivity index (χ2n) is 6.16. The van der Waals surface area contributed by atoms with E-state index in [9.17, 15) is 4.79 Å². The Morgan fingerprint density at radius 3 is 2.54 bits per heavy atom. The van der Waals surface area contributed by atoms with Gasteiger partial charge in [0.25, 0.3) is 5.56 Å². The van der Waals surface area contributed by atoms with Crippen molar-refractivity contribution in [3.05, 3.63) is 56.2 Å². The van der Waals surface area contributed by atoms with Crippen LogP contribution < -0.4 is 10.5 Å². The summed E-state index contributed by atoms with van der Waals surface area (Å²) in [6.45, 7) is 8.82. The van der Waals surface area contributed by atoms with Gasteiger partial charge in [0.05, 0.1) is 5.56 Å². The zero-order chi connectivity index (χ0) is 17.1. The molecule has 6 heteroatoms. The fourth-order valence-electron chi connectivity index (χ4n) is 3.31. The van der Waals surface area contributed by atoms with Gasteiger partial charge in [-0.25, -0.2) is 0 Å². The minimum Gasteiger partial charge on any atom is -0.372 e. The number of nitrogens with zero attached hydrogens (tertiary/aromatic N) is 2. The molecule has 2 aromatic rings. The van der Waals surface area contributed by atoms with Crippen LogP contribution in [-0.2, 0) is 19.5 Å². The van der Waals surface area contributed by atoms with E-state index in [1.54, 1.807) is 0 Å². The van der Waals surface area contributed by atoms with E-state index in [1.807, 2.05) is 0 Å². The molecule has 1 aromatic carbocycles. The van der Waals surface area contributed by atoms with Crippen LogP contribution in [0.4, 0.5) is 5.69 Å². The molecule has 2 N–H and O–H groups in total. The number of aromatic nitrogens is 2. The van der Waals surface area contributed by atoms with Crippen molar-refractivity contribution < 1.29 is 0 Å². The normalized spacial score (nSPS) is 14.4. The highest BCUT2D eigenvalue weighted by Crippen LogP contribution is 2.19. The maximum Gasteiger partial charge on any atom is 0.256 e. The van der Waals surface area contributed by atoms with Gasteiger partial charge in [0.2, 0.25) is 0 Å². The van der Waals surface area contributed by atoms with Crippen LogP contribution in [0.3, 0.4) is 0 Å². The highest BCUT2D eigenvalue weighted by molar-refractivity contribution is 7.71. The first-order chi connectivity index (χ1) is 11.6. The molecule has 0 radical (unpaired) electrons. The van der Waals surface area contributed by atoms with Crippen molar-refractivity contribution in [2.75, 3.05) is 24.5 Å². The lowest BCUT2D eigenvalue weighted by Crippen LogP contribution is -2.35. The maximum atomic E-state index is 12.1. The topological polar surface area (TPSA) is 55.1 Å². The van der Waals surface area contributed by atoms with Crippen LogP contribution in [-0.4, -0.2) is 34.5 Å². The van der Waals surface area contributed by atoms with Crippen molar-refractivity contribution in [1.29, 1.82) is 0 Å². The fraction of sp³-hybridized carbons (Fsp3) is 0.444. The van der Waals surface area contributed by atoms with Crippen LogP contribution in [0.15, 0.2) is 29.1 Å². The van der Waals surface area contributed by atoms with E-state index in [0.717, 1.165) is 43.9 Å². The lowest BCUT2D eigenvalue weighted by Gasteiger charge is -2.28. The molecule has 24 heavy (non-hydrogen) atoms. The molecule has 0 aliphatic carbocycles. The molecule has 1 aliphatic rings. The number of aromatic amines is 2. The van der Waals surface area contributed by atoms with E-state index in [1.165, 1.54) is 11.3 Å². The van der Waals surface area contributed by atoms with Crippen molar-refractivity contribution >= 4 is 17.9 Å². The van der Waals surface area contributed by atoms with Crippen molar-refractivity contribution in [2.45, 2.75) is 33.4 Å². The molecular formula is C18H24N4OS. The van der Waals surface area contributed by atoms with Gasteiger partial charge in [-0.05, 0) is 43.8 Å². The average Bonchev–Trinajstić information content (AvgIpc) is 2.58. The Labute approximate surface area is 147 Å². The predicted molar refractivity (Wildman–Crippen MR) is 100 cm³/mol. The predicted octanol–water partition coefficient (Wildman–Crippen LogP) is 2.84. The van der Waals surface area contributed by atoms with Gasteiger partial charge in [-0.15, -0.1) is 0 Å². The molecule has 0 fully saturated rings. The Morgan fingerprint density at radius 1 is 1.17 bits per heavy atom. The van der Waals surface area contributed by atoms with Crippen LogP contribution >= 0.6 is 12.2 Å². The number of hydrogen-bond acceptors (Lipinski definition) is 4. The molecule has 0 bridgehead atoms. The quantitative estimate of drug-likeness (QED) is 0.819. The highest BCUT2D eigenvalue weighted by atomic mass is 32.1. The third-order valence-electron chi connectivity index (χ3n) is 4.66. The van der Waals surface area contributed by atoms with Gasteiger partial charge in [0.15, 0.2) is 4.77 Å². The molecule has 0 spiro atoms. The molecule has 1 aliphatic heterocycles. The lowest BCUT2D eigenvalue weighted by molar-refractivity contribution is 0.241. The number of anilines is 1. The van der Waals surface area contributed by atoms with E-state index in [4.69, 9.17) is 12.2 Å². The van der Waals surface area contributed by atoms with Crippen LogP contribution in [0.1, 0.15) is 30.7 Å². The van der Waals surface area contributed by atoms with Crippen molar-refractivity contribution in [1.82, 2.24) is 14.9 Å². The summed E-state index contributed by atoms with van der Waals surface area (Å²) in [7, 11) is 0. The monoisotopic (exact) mass is 344 g/mol. The summed E-state index contributed by atoms with van der Waals surface area (Å²) in [5.41, 5.74) is 4.27. The fourth-order valence-corrected chi connectivity index (χ4v) is 3.52. The number of rotatable bonds is 5. The largest absolute Gasteiger partial charge is 0.372 e. The van der Waals surface area contributed by atoms with Crippen LogP contribution in [0.5, 0.6) is 0 Å². The van der Waals surface area contributed by atoms with Crippen molar-refractivity contribution in [3.63, 3.8) is 0 Å². The van der Waals surface area contributed by atoms with Crippen LogP contribution in [0, 0.1) is 4.77 Å². The number of nitrogens with one attached hydrogen (secondary N) is 2. The minimum atomic E-state index is -0.0599. The summed E-state index contributed by atoms with van der Waals surface area (Å²) < 4.78 is 0.416. The Hall–Kier alpha value is -1.92. The van der Waals surface area contributed by atoms with E-state index in [-0.39, 0.29) is 5.56 Å². The first-order valence-electron chi connectivity index (χ1n) is 8.51. The van der Waals surface area contributed by atoms with Gasteiger partial charge in [-0.3, -0.25) is 14.7 Å².